The van der Waals surface area contributed by atoms with Crippen molar-refractivity contribution in [3.05, 3.63) is 36.5 Å². The fraction of sp³-hybridized carbons (Fsp3) is 0.559. The van der Waals surface area contributed by atoms with E-state index in [0.717, 1.165) is 29.9 Å². The third-order valence-electron chi connectivity index (χ3n) is 8.57. The van der Waals surface area contributed by atoms with Gasteiger partial charge >= 0.3 is 0 Å². The SMILES string of the molecule is NCCCCNCCC(C(=O)C=CC1CCC(=O)C(=O)C1)N(C(=O)C=CC1CCC(=O)C(=O)C1)C(=O)C=CC1CCC(=O)C(=O)C1. The van der Waals surface area contributed by atoms with E-state index in [1.54, 1.807) is 6.08 Å². The normalized spacial score (nSPS) is 23.5. The molecule has 0 aliphatic heterocycles. The van der Waals surface area contributed by atoms with Crippen molar-refractivity contribution < 1.29 is 43.2 Å². The van der Waals surface area contributed by atoms with Crippen molar-refractivity contribution in [1.82, 2.24) is 10.2 Å². The maximum Gasteiger partial charge on any atom is 0.253 e. The van der Waals surface area contributed by atoms with E-state index in [9.17, 15) is 43.2 Å². The van der Waals surface area contributed by atoms with Crippen molar-refractivity contribution in [2.45, 2.75) is 83.1 Å². The molecule has 0 saturated heterocycles. The topological polar surface area (TPSA) is 195 Å². The van der Waals surface area contributed by atoms with E-state index in [1.165, 1.54) is 18.2 Å². The summed E-state index contributed by atoms with van der Waals surface area (Å²) in [4.78, 5) is 113. The molecule has 0 aromatic heterocycles. The van der Waals surface area contributed by atoms with Crippen molar-refractivity contribution >= 4 is 52.3 Å². The number of nitrogens with zero attached hydrogens (tertiary/aromatic N) is 1. The summed E-state index contributed by atoms with van der Waals surface area (Å²) in [5, 5.41) is 3.20. The Labute approximate surface area is 268 Å². The van der Waals surface area contributed by atoms with E-state index in [-0.39, 0.29) is 69.2 Å². The quantitative estimate of drug-likeness (QED) is 0.150. The molecule has 0 spiro atoms. The van der Waals surface area contributed by atoms with Gasteiger partial charge in [0, 0.05) is 38.5 Å². The second-order valence-electron chi connectivity index (χ2n) is 12.1. The molecule has 12 nitrogen and oxygen atoms in total. The number of imide groups is 1. The van der Waals surface area contributed by atoms with Crippen molar-refractivity contribution in [1.29, 1.82) is 0 Å². The molecule has 4 unspecified atom stereocenters. The lowest BCUT2D eigenvalue weighted by molar-refractivity contribution is -0.145. The van der Waals surface area contributed by atoms with Crippen LogP contribution in [0.2, 0.25) is 0 Å². The molecular weight excluding hydrogens is 594 g/mol. The van der Waals surface area contributed by atoms with Gasteiger partial charge in [-0.05, 0) is 94.1 Å². The van der Waals surface area contributed by atoms with Crippen molar-refractivity contribution in [3.63, 3.8) is 0 Å². The van der Waals surface area contributed by atoms with Crippen molar-refractivity contribution in [3.8, 4) is 0 Å². The molecule has 3 rings (SSSR count). The van der Waals surface area contributed by atoms with Crippen LogP contribution in [0, 0.1) is 17.8 Å². The summed E-state index contributed by atoms with van der Waals surface area (Å²) in [7, 11) is 0. The Morgan fingerprint density at radius 1 is 0.652 bits per heavy atom. The molecule has 0 aromatic carbocycles. The summed E-state index contributed by atoms with van der Waals surface area (Å²) in [6.45, 7) is 1.42. The first-order chi connectivity index (χ1) is 22.0. The summed E-state index contributed by atoms with van der Waals surface area (Å²) < 4.78 is 0. The number of allylic oxidation sites excluding steroid dienone is 3. The number of carbonyl (C=O) groups excluding carboxylic acids is 9. The minimum atomic E-state index is -1.24. The number of hydrogen-bond donors (Lipinski definition) is 2. The van der Waals surface area contributed by atoms with Crippen LogP contribution in [0.3, 0.4) is 0 Å². The lowest BCUT2D eigenvalue weighted by Gasteiger charge is -2.28. The van der Waals surface area contributed by atoms with Crippen LogP contribution in [0.1, 0.15) is 77.0 Å². The highest BCUT2D eigenvalue weighted by molar-refractivity contribution is 6.38. The summed E-state index contributed by atoms with van der Waals surface area (Å²) in [5.41, 5.74) is 5.56. The minimum Gasteiger partial charge on any atom is -0.330 e. The van der Waals surface area contributed by atoms with Crippen LogP contribution >= 0.6 is 0 Å². The minimum absolute atomic E-state index is 0.0196. The van der Waals surface area contributed by atoms with E-state index in [4.69, 9.17) is 5.73 Å². The highest BCUT2D eigenvalue weighted by atomic mass is 16.2. The van der Waals surface area contributed by atoms with Crippen molar-refractivity contribution in [2.75, 3.05) is 19.6 Å². The highest BCUT2D eigenvalue weighted by Crippen LogP contribution is 2.24. The van der Waals surface area contributed by atoms with Gasteiger partial charge in [-0.15, -0.1) is 0 Å². The predicted octanol–water partition coefficient (Wildman–Crippen LogP) is 1.48. The Kier molecular flexibility index (Phi) is 14.4. The molecule has 3 aliphatic rings. The molecule has 46 heavy (non-hydrogen) atoms. The van der Waals surface area contributed by atoms with Gasteiger partial charge in [0.05, 0.1) is 0 Å². The smallest absolute Gasteiger partial charge is 0.253 e. The number of unbranched alkanes of at least 4 members (excludes halogenated alkanes) is 1. The van der Waals surface area contributed by atoms with Crippen LogP contribution in [-0.4, -0.2) is 82.9 Å². The molecule has 3 fully saturated rings. The van der Waals surface area contributed by atoms with Gasteiger partial charge in [-0.3, -0.25) is 48.1 Å². The fourth-order valence-corrected chi connectivity index (χ4v) is 5.73. The van der Waals surface area contributed by atoms with Gasteiger partial charge < -0.3 is 11.1 Å². The molecule has 12 heteroatoms. The third kappa shape index (κ3) is 11.1. The van der Waals surface area contributed by atoms with Gasteiger partial charge in [0.1, 0.15) is 6.04 Å². The molecule has 4 atom stereocenters. The van der Waals surface area contributed by atoms with Gasteiger partial charge in [-0.1, -0.05) is 18.2 Å². The fourth-order valence-electron chi connectivity index (χ4n) is 5.73. The molecule has 0 aromatic rings. The Balaban J connectivity index is 1.87. The van der Waals surface area contributed by atoms with Crippen LogP contribution in [0.5, 0.6) is 0 Å². The van der Waals surface area contributed by atoms with Crippen LogP contribution in [0.15, 0.2) is 36.5 Å². The van der Waals surface area contributed by atoms with Gasteiger partial charge in [0.15, 0.2) is 40.5 Å². The molecule has 0 radical (unpaired) electrons. The average molecular weight is 638 g/mol. The number of Topliss-reactive ketones (excluding diaryl/α,β-unsaturated/α-hetero) is 6. The Bertz CT molecular complexity index is 1270. The van der Waals surface area contributed by atoms with Gasteiger partial charge in [0.25, 0.3) is 11.8 Å². The van der Waals surface area contributed by atoms with E-state index >= 15 is 0 Å². The zero-order valence-electron chi connectivity index (χ0n) is 26.1. The number of rotatable bonds is 15. The number of nitrogens with two attached hydrogens (primary N) is 1. The molecule has 0 heterocycles. The summed E-state index contributed by atoms with van der Waals surface area (Å²) in [6.07, 6.45) is 10.9. The van der Waals surface area contributed by atoms with Gasteiger partial charge in [-0.2, -0.15) is 0 Å². The maximum atomic E-state index is 13.7. The third-order valence-corrected chi connectivity index (χ3v) is 8.57. The van der Waals surface area contributed by atoms with E-state index < -0.39 is 58.3 Å². The zero-order valence-corrected chi connectivity index (χ0v) is 26.1. The molecule has 248 valence electrons. The summed E-state index contributed by atoms with van der Waals surface area (Å²) in [5.74, 6) is -6.11. The monoisotopic (exact) mass is 637 g/mol. The molecule has 2 amide bonds. The van der Waals surface area contributed by atoms with Crippen LogP contribution in [0.25, 0.3) is 0 Å². The Morgan fingerprint density at radius 3 is 1.50 bits per heavy atom. The second kappa shape index (κ2) is 18.2. The number of nitrogens with one attached hydrogen (secondary N) is 1. The largest absolute Gasteiger partial charge is 0.330 e. The number of hydrogen-bond acceptors (Lipinski definition) is 11. The lowest BCUT2D eigenvalue weighted by atomic mass is 9.86. The standard InChI is InChI=1S/C34H43N3O9/c35-16-1-2-17-36-18-15-25(26(38)9-3-22-4-10-27(39)30(42)19-22)37(33(45)13-7-23-5-11-28(40)31(43)20-23)34(46)14-8-24-6-12-29(41)32(44)21-24/h3,7-9,13-14,22-25,36H,1-2,4-6,10-12,15-21,35H2. The van der Waals surface area contributed by atoms with Gasteiger partial charge in [0.2, 0.25) is 0 Å². The first kappa shape index (κ1) is 36.4. The van der Waals surface area contributed by atoms with E-state index in [0.29, 0.717) is 32.4 Å². The first-order valence-corrected chi connectivity index (χ1v) is 16.0. The zero-order chi connectivity index (χ0) is 33.6. The second-order valence-corrected chi connectivity index (χ2v) is 12.1. The number of carbonyl (C=O) groups is 9. The molecule has 0 bridgehead atoms. The van der Waals surface area contributed by atoms with Crippen LogP contribution in [0.4, 0.5) is 0 Å². The predicted molar refractivity (Wildman–Crippen MR) is 166 cm³/mol. The van der Waals surface area contributed by atoms with Crippen LogP contribution < -0.4 is 11.1 Å². The first-order valence-electron chi connectivity index (χ1n) is 16.0. The Morgan fingerprint density at radius 2 is 1.09 bits per heavy atom. The number of amides is 2. The average Bonchev–Trinajstić information content (AvgIpc) is 3.03. The summed E-state index contributed by atoms with van der Waals surface area (Å²) in [6, 6.07) is -1.24. The maximum absolute atomic E-state index is 13.7. The van der Waals surface area contributed by atoms with Gasteiger partial charge in [-0.25, -0.2) is 0 Å². The Hall–Kier alpha value is -4.03. The highest BCUT2D eigenvalue weighted by Gasteiger charge is 2.33. The number of ketones is 7. The molecule has 3 N–H and O–H groups in total. The molecular formula is C34H43N3O9. The summed E-state index contributed by atoms with van der Waals surface area (Å²) >= 11 is 0. The van der Waals surface area contributed by atoms with Crippen molar-refractivity contribution in [2.24, 2.45) is 23.5 Å². The van der Waals surface area contributed by atoms with E-state index in [2.05, 4.69) is 5.32 Å². The molecule has 3 aliphatic carbocycles. The van der Waals surface area contributed by atoms with Crippen LogP contribution in [-0.2, 0) is 43.2 Å². The van der Waals surface area contributed by atoms with E-state index in [1.807, 2.05) is 0 Å². The molecule has 3 saturated carbocycles. The lowest BCUT2D eigenvalue weighted by Crippen LogP contribution is -2.48.